The quantitative estimate of drug-likeness (QED) is 0.728. The topological polar surface area (TPSA) is 65.1 Å². The number of benzene rings is 1. The first-order valence-electron chi connectivity index (χ1n) is 7.69. The van der Waals surface area contributed by atoms with Crippen molar-refractivity contribution in [2.45, 2.75) is 44.9 Å². The number of likely N-dealkylation sites (tertiary alicyclic amines) is 1. The molecular formula is C17H22BrNO5. The van der Waals surface area contributed by atoms with Crippen LogP contribution in [0.5, 0.6) is 5.75 Å². The Morgan fingerprint density at radius 2 is 2.00 bits per heavy atom. The molecule has 0 aromatic heterocycles. The minimum Gasteiger partial charge on any atom is -0.488 e. The lowest BCUT2D eigenvalue weighted by Crippen LogP contribution is -2.44. The molecule has 2 rings (SSSR count). The summed E-state index contributed by atoms with van der Waals surface area (Å²) in [6.07, 6.45) is -0.493. The first-order chi connectivity index (χ1) is 11.2. The van der Waals surface area contributed by atoms with Gasteiger partial charge in [0.25, 0.3) is 0 Å². The standard InChI is InChI=1S/C17H22BrNO5/c1-17(2,3)24-16(21)19-10-13(9-14(19)15(20)22-4)23-12-7-5-6-11(18)8-12/h5-8,13-14H,9-10H2,1-4H3/t13?,14-/m0/s1. The fourth-order valence-corrected chi connectivity index (χ4v) is 2.88. The van der Waals surface area contributed by atoms with Gasteiger partial charge in [0, 0.05) is 10.9 Å². The molecule has 132 valence electrons. The fourth-order valence-electron chi connectivity index (χ4n) is 2.50. The third kappa shape index (κ3) is 4.87. The van der Waals surface area contributed by atoms with Gasteiger partial charge in [-0.2, -0.15) is 0 Å². The molecule has 0 bridgehead atoms. The van der Waals surface area contributed by atoms with E-state index in [2.05, 4.69) is 15.9 Å². The van der Waals surface area contributed by atoms with Gasteiger partial charge in [0.05, 0.1) is 13.7 Å². The molecule has 1 fully saturated rings. The predicted molar refractivity (Wildman–Crippen MR) is 91.9 cm³/mol. The van der Waals surface area contributed by atoms with E-state index in [0.29, 0.717) is 12.2 Å². The number of nitrogens with zero attached hydrogens (tertiary/aromatic N) is 1. The van der Waals surface area contributed by atoms with Crippen LogP contribution in [0.2, 0.25) is 0 Å². The van der Waals surface area contributed by atoms with Gasteiger partial charge in [0.15, 0.2) is 0 Å². The van der Waals surface area contributed by atoms with Gasteiger partial charge in [-0.15, -0.1) is 0 Å². The second kappa shape index (κ2) is 7.42. The Morgan fingerprint density at radius 3 is 2.58 bits per heavy atom. The van der Waals surface area contributed by atoms with E-state index in [-0.39, 0.29) is 12.6 Å². The molecule has 0 radical (unpaired) electrons. The highest BCUT2D eigenvalue weighted by Gasteiger charge is 2.43. The SMILES string of the molecule is COC(=O)[C@@H]1CC(Oc2cccc(Br)c2)CN1C(=O)OC(C)(C)C. The van der Waals surface area contributed by atoms with E-state index >= 15 is 0 Å². The van der Waals surface area contributed by atoms with Crippen LogP contribution in [0, 0.1) is 0 Å². The van der Waals surface area contributed by atoms with E-state index in [4.69, 9.17) is 14.2 Å². The second-order valence-corrected chi connectivity index (χ2v) is 7.52. The molecule has 6 nitrogen and oxygen atoms in total. The zero-order valence-electron chi connectivity index (χ0n) is 14.2. The summed E-state index contributed by atoms with van der Waals surface area (Å²) in [5, 5.41) is 0. The maximum Gasteiger partial charge on any atom is 0.411 e. The summed E-state index contributed by atoms with van der Waals surface area (Å²) in [5.41, 5.74) is -0.638. The van der Waals surface area contributed by atoms with Gasteiger partial charge >= 0.3 is 12.1 Å². The summed E-state index contributed by atoms with van der Waals surface area (Å²) in [5.74, 6) is 0.199. The Morgan fingerprint density at radius 1 is 1.29 bits per heavy atom. The number of methoxy groups -OCH3 is 1. The molecule has 2 atom stereocenters. The molecule has 1 heterocycles. The van der Waals surface area contributed by atoms with Crippen LogP contribution in [0.25, 0.3) is 0 Å². The number of hydrogen-bond acceptors (Lipinski definition) is 5. The van der Waals surface area contributed by atoms with E-state index in [1.165, 1.54) is 12.0 Å². The second-order valence-electron chi connectivity index (χ2n) is 6.60. The van der Waals surface area contributed by atoms with Crippen molar-refractivity contribution in [3.8, 4) is 5.75 Å². The average molecular weight is 400 g/mol. The lowest BCUT2D eigenvalue weighted by Gasteiger charge is -2.27. The van der Waals surface area contributed by atoms with Crippen LogP contribution in [0.3, 0.4) is 0 Å². The summed E-state index contributed by atoms with van der Waals surface area (Å²) in [6.45, 7) is 5.61. The summed E-state index contributed by atoms with van der Waals surface area (Å²) in [4.78, 5) is 25.8. The third-order valence-corrected chi connectivity index (χ3v) is 3.96. The number of amides is 1. The van der Waals surface area contributed by atoms with Crippen molar-refractivity contribution in [1.82, 2.24) is 4.90 Å². The molecule has 1 aliphatic heterocycles. The molecule has 0 N–H and O–H groups in total. The summed E-state index contributed by atoms with van der Waals surface area (Å²) in [6, 6.07) is 6.71. The van der Waals surface area contributed by atoms with Crippen molar-refractivity contribution in [3.05, 3.63) is 28.7 Å². The lowest BCUT2D eigenvalue weighted by atomic mass is 10.2. The van der Waals surface area contributed by atoms with Crippen molar-refractivity contribution < 1.29 is 23.8 Å². The van der Waals surface area contributed by atoms with Gasteiger partial charge in [-0.3, -0.25) is 4.90 Å². The molecule has 0 saturated carbocycles. The van der Waals surface area contributed by atoms with Gasteiger partial charge < -0.3 is 14.2 Å². The number of carbonyl (C=O) groups excluding carboxylic acids is 2. The molecule has 1 aromatic carbocycles. The van der Waals surface area contributed by atoms with Gasteiger partial charge in [-0.25, -0.2) is 9.59 Å². The zero-order valence-corrected chi connectivity index (χ0v) is 15.8. The van der Waals surface area contributed by atoms with Crippen molar-refractivity contribution >= 4 is 28.0 Å². The van der Waals surface area contributed by atoms with Gasteiger partial charge in [0.2, 0.25) is 0 Å². The summed E-state index contributed by atoms with van der Waals surface area (Å²) >= 11 is 3.39. The van der Waals surface area contributed by atoms with Crippen molar-refractivity contribution in [3.63, 3.8) is 0 Å². The molecule has 24 heavy (non-hydrogen) atoms. The highest BCUT2D eigenvalue weighted by atomic mass is 79.9. The maximum absolute atomic E-state index is 12.4. The van der Waals surface area contributed by atoms with E-state index in [9.17, 15) is 9.59 Å². The zero-order chi connectivity index (χ0) is 17.9. The van der Waals surface area contributed by atoms with Crippen molar-refractivity contribution in [1.29, 1.82) is 0 Å². The minimum atomic E-state index is -0.706. The lowest BCUT2D eigenvalue weighted by molar-refractivity contribution is -0.145. The first kappa shape index (κ1) is 18.6. The van der Waals surface area contributed by atoms with Crippen molar-refractivity contribution in [2.75, 3.05) is 13.7 Å². The molecule has 1 unspecified atom stereocenters. The number of rotatable bonds is 3. The van der Waals surface area contributed by atoms with Gasteiger partial charge in [-0.1, -0.05) is 22.0 Å². The molecule has 0 aliphatic carbocycles. The largest absolute Gasteiger partial charge is 0.488 e. The van der Waals surface area contributed by atoms with Crippen LogP contribution >= 0.6 is 15.9 Å². The van der Waals surface area contributed by atoms with Crippen LogP contribution in [0.4, 0.5) is 4.79 Å². The third-order valence-electron chi connectivity index (χ3n) is 3.46. The Hall–Kier alpha value is -1.76. The smallest absolute Gasteiger partial charge is 0.411 e. The Kier molecular flexibility index (Phi) is 5.74. The van der Waals surface area contributed by atoms with Crippen LogP contribution in [-0.4, -0.2) is 48.4 Å². The van der Waals surface area contributed by atoms with E-state index in [1.807, 2.05) is 24.3 Å². The number of carbonyl (C=O) groups is 2. The van der Waals surface area contributed by atoms with Gasteiger partial charge in [-0.05, 0) is 39.0 Å². The Bertz CT molecular complexity index is 613. The van der Waals surface area contributed by atoms with Crippen LogP contribution in [0.15, 0.2) is 28.7 Å². The van der Waals surface area contributed by atoms with Crippen molar-refractivity contribution in [2.24, 2.45) is 0 Å². The highest BCUT2D eigenvalue weighted by molar-refractivity contribution is 9.10. The monoisotopic (exact) mass is 399 g/mol. The van der Waals surface area contributed by atoms with E-state index in [0.717, 1.165) is 4.47 Å². The molecule has 1 aromatic rings. The molecule has 7 heteroatoms. The Labute approximate surface area is 150 Å². The van der Waals surface area contributed by atoms with Crippen LogP contribution < -0.4 is 4.74 Å². The number of hydrogen-bond donors (Lipinski definition) is 0. The molecule has 1 amide bonds. The van der Waals surface area contributed by atoms with E-state index < -0.39 is 23.7 Å². The minimum absolute atomic E-state index is 0.265. The molecule has 0 spiro atoms. The number of halogens is 1. The molecule has 1 aliphatic rings. The average Bonchev–Trinajstić information content (AvgIpc) is 2.88. The number of esters is 1. The first-order valence-corrected chi connectivity index (χ1v) is 8.48. The highest BCUT2D eigenvalue weighted by Crippen LogP contribution is 2.27. The molecule has 1 saturated heterocycles. The normalized spacial score (nSPS) is 20.6. The van der Waals surface area contributed by atoms with E-state index in [1.54, 1.807) is 20.8 Å². The van der Waals surface area contributed by atoms with Gasteiger partial charge in [0.1, 0.15) is 23.5 Å². The summed E-state index contributed by atoms with van der Waals surface area (Å²) in [7, 11) is 1.30. The fraction of sp³-hybridized carbons (Fsp3) is 0.529. The predicted octanol–water partition coefficient (Wildman–Crippen LogP) is 3.38. The van der Waals surface area contributed by atoms with Crippen LogP contribution in [0.1, 0.15) is 27.2 Å². The van der Waals surface area contributed by atoms with Crippen LogP contribution in [-0.2, 0) is 14.3 Å². The Balaban J connectivity index is 2.11. The number of ether oxygens (including phenoxy) is 3. The summed E-state index contributed by atoms with van der Waals surface area (Å²) < 4.78 is 17.0. The maximum atomic E-state index is 12.4. The molecular weight excluding hydrogens is 378 g/mol.